The second-order valence-corrected chi connectivity index (χ2v) is 11.1. The zero-order valence-corrected chi connectivity index (χ0v) is 23.4. The number of nitrogens with zero attached hydrogens (tertiary/aromatic N) is 4. The van der Waals surface area contributed by atoms with E-state index in [0.717, 1.165) is 26.7 Å². The lowest BCUT2D eigenvalue weighted by Gasteiger charge is -2.16. The van der Waals surface area contributed by atoms with Crippen LogP contribution in [0.15, 0.2) is 94.6 Å². The van der Waals surface area contributed by atoms with Gasteiger partial charge in [0, 0.05) is 15.6 Å². The highest BCUT2D eigenvalue weighted by molar-refractivity contribution is 9.10. The number of rotatable bonds is 9. The molecule has 7 nitrogen and oxygen atoms in total. The summed E-state index contributed by atoms with van der Waals surface area (Å²) in [6.45, 7) is 1.96. The van der Waals surface area contributed by atoms with Gasteiger partial charge in [-0.05, 0) is 87.2 Å². The Morgan fingerprint density at radius 1 is 1.03 bits per heavy atom. The van der Waals surface area contributed by atoms with Gasteiger partial charge in [0.15, 0.2) is 5.16 Å². The van der Waals surface area contributed by atoms with Gasteiger partial charge in [0.05, 0.1) is 4.47 Å². The van der Waals surface area contributed by atoms with Crippen molar-refractivity contribution in [2.45, 2.75) is 23.9 Å². The Hall–Kier alpha value is -3.40. The van der Waals surface area contributed by atoms with E-state index in [4.69, 9.17) is 16.3 Å². The highest BCUT2D eigenvalue weighted by Gasteiger charge is 2.24. The van der Waals surface area contributed by atoms with Gasteiger partial charge in [-0.25, -0.2) is 0 Å². The van der Waals surface area contributed by atoms with Gasteiger partial charge < -0.3 is 4.74 Å². The van der Waals surface area contributed by atoms with E-state index in [9.17, 15) is 10.1 Å². The molecule has 0 radical (unpaired) electrons. The summed E-state index contributed by atoms with van der Waals surface area (Å²) in [5, 5.41) is 23.1. The number of hydrogen-bond acceptors (Lipinski definition) is 6. The van der Waals surface area contributed by atoms with E-state index in [0.29, 0.717) is 28.4 Å². The van der Waals surface area contributed by atoms with Crippen molar-refractivity contribution in [3.05, 3.63) is 121 Å². The van der Waals surface area contributed by atoms with E-state index in [2.05, 4.69) is 50.4 Å². The topological polar surface area (TPSA) is 83.1 Å². The molecular formula is C28H22BrClN4O3S. The van der Waals surface area contributed by atoms with Crippen LogP contribution in [-0.2, 0) is 6.61 Å². The molecule has 0 fully saturated rings. The second-order valence-electron chi connectivity index (χ2n) is 8.62. The molecule has 4 aromatic carbocycles. The highest BCUT2D eigenvalue weighted by Crippen LogP contribution is 2.39. The Balaban J connectivity index is 1.36. The van der Waals surface area contributed by atoms with Crippen molar-refractivity contribution in [1.82, 2.24) is 14.8 Å². The standard InChI is InChI=1S/C28H22BrClN4O3S/c1-18-31-32-28(34(18)24-11-9-23(30)10-12-24)38-27(16-33(35)36)22-8-13-26(25(29)15-22)37-17-19-6-7-20-4-2-3-5-21(20)14-19/h2-15,27H,16-17H2,1H3/t27-/m0/s1. The summed E-state index contributed by atoms with van der Waals surface area (Å²) in [5.41, 5.74) is 2.66. The largest absolute Gasteiger partial charge is 0.488 e. The number of aryl methyl sites for hydroxylation is 1. The smallest absolute Gasteiger partial charge is 0.220 e. The molecule has 0 unspecified atom stereocenters. The number of nitro groups is 1. The lowest BCUT2D eigenvalue weighted by Crippen LogP contribution is -2.11. The quantitative estimate of drug-likeness (QED) is 0.0962. The molecule has 0 saturated carbocycles. The molecule has 0 aliphatic rings. The van der Waals surface area contributed by atoms with Gasteiger partial charge in [0.25, 0.3) is 0 Å². The summed E-state index contributed by atoms with van der Waals surface area (Å²) in [7, 11) is 0. The minimum atomic E-state index is -0.495. The van der Waals surface area contributed by atoms with Crippen molar-refractivity contribution in [2.24, 2.45) is 0 Å². The van der Waals surface area contributed by atoms with Gasteiger partial charge in [-0.3, -0.25) is 14.7 Å². The maximum absolute atomic E-state index is 11.6. The maximum atomic E-state index is 11.6. The first-order valence-corrected chi connectivity index (χ1v) is 13.8. The molecule has 0 aliphatic heterocycles. The van der Waals surface area contributed by atoms with Crippen LogP contribution in [0.5, 0.6) is 5.75 Å². The third kappa shape index (κ3) is 6.01. The summed E-state index contributed by atoms with van der Waals surface area (Å²) >= 11 is 10.9. The van der Waals surface area contributed by atoms with E-state index in [1.54, 1.807) is 12.1 Å². The van der Waals surface area contributed by atoms with Crippen molar-refractivity contribution >= 4 is 50.1 Å². The first-order chi connectivity index (χ1) is 18.4. The molecule has 0 bridgehead atoms. The number of hydrogen-bond donors (Lipinski definition) is 0. The summed E-state index contributed by atoms with van der Waals surface area (Å²) < 4.78 is 8.66. The van der Waals surface area contributed by atoms with Crippen molar-refractivity contribution in [2.75, 3.05) is 6.54 Å². The molecule has 5 aromatic rings. The van der Waals surface area contributed by atoms with Gasteiger partial charge in [-0.15, -0.1) is 10.2 Å². The number of fused-ring (bicyclic) bond motifs is 1. The zero-order valence-electron chi connectivity index (χ0n) is 20.3. The lowest BCUT2D eigenvalue weighted by atomic mass is 10.1. The van der Waals surface area contributed by atoms with Crippen LogP contribution in [0, 0.1) is 17.0 Å². The van der Waals surface area contributed by atoms with E-state index in [1.165, 1.54) is 17.1 Å². The minimum Gasteiger partial charge on any atom is -0.488 e. The monoisotopic (exact) mass is 608 g/mol. The zero-order chi connectivity index (χ0) is 26.6. The third-order valence-electron chi connectivity index (χ3n) is 5.98. The summed E-state index contributed by atoms with van der Waals surface area (Å²) in [5.74, 6) is 1.33. The van der Waals surface area contributed by atoms with E-state index in [-0.39, 0.29) is 11.5 Å². The van der Waals surface area contributed by atoms with Crippen LogP contribution in [0.25, 0.3) is 16.5 Å². The van der Waals surface area contributed by atoms with Crippen LogP contribution in [0.3, 0.4) is 0 Å². The predicted octanol–water partition coefficient (Wildman–Crippen LogP) is 7.83. The molecule has 1 aromatic heterocycles. The molecular weight excluding hydrogens is 588 g/mol. The van der Waals surface area contributed by atoms with E-state index >= 15 is 0 Å². The van der Waals surface area contributed by atoms with Crippen LogP contribution in [-0.4, -0.2) is 26.2 Å². The fourth-order valence-electron chi connectivity index (χ4n) is 4.10. The molecule has 1 atom stereocenters. The average molecular weight is 610 g/mol. The molecule has 10 heteroatoms. The molecule has 0 amide bonds. The minimum absolute atomic E-state index is 0.277. The normalized spacial score (nSPS) is 12.0. The average Bonchev–Trinajstić information content (AvgIpc) is 3.27. The number of benzene rings is 4. The SMILES string of the molecule is Cc1nnc(S[C@@H](C[N+](=O)[O-])c2ccc(OCc3ccc4ccccc4c3)c(Br)c2)n1-c1ccc(Cl)cc1. The molecule has 0 aliphatic carbocycles. The van der Waals surface area contributed by atoms with Crippen molar-refractivity contribution in [1.29, 1.82) is 0 Å². The summed E-state index contributed by atoms with van der Waals surface area (Å²) in [4.78, 5) is 11.3. The Bertz CT molecular complexity index is 1610. The third-order valence-corrected chi connectivity index (χ3v) is 8.03. The Morgan fingerprint density at radius 3 is 2.53 bits per heavy atom. The van der Waals surface area contributed by atoms with Crippen LogP contribution in [0.4, 0.5) is 0 Å². The number of aromatic nitrogens is 3. The fraction of sp³-hybridized carbons (Fsp3) is 0.143. The molecule has 5 rings (SSSR count). The highest BCUT2D eigenvalue weighted by atomic mass is 79.9. The van der Waals surface area contributed by atoms with Crippen LogP contribution in [0.2, 0.25) is 5.02 Å². The molecule has 38 heavy (non-hydrogen) atoms. The van der Waals surface area contributed by atoms with Crippen molar-refractivity contribution < 1.29 is 9.66 Å². The van der Waals surface area contributed by atoms with Gasteiger partial charge in [0.1, 0.15) is 23.4 Å². The van der Waals surface area contributed by atoms with Crippen molar-refractivity contribution in [3.63, 3.8) is 0 Å². The predicted molar refractivity (Wildman–Crippen MR) is 154 cm³/mol. The van der Waals surface area contributed by atoms with Gasteiger partial charge in [0.2, 0.25) is 6.54 Å². The van der Waals surface area contributed by atoms with Gasteiger partial charge in [-0.2, -0.15) is 0 Å². The molecule has 0 saturated heterocycles. The van der Waals surface area contributed by atoms with Crippen LogP contribution in [0.1, 0.15) is 22.2 Å². The van der Waals surface area contributed by atoms with E-state index in [1.807, 2.05) is 60.0 Å². The second kappa shape index (κ2) is 11.6. The van der Waals surface area contributed by atoms with Crippen LogP contribution < -0.4 is 4.74 Å². The molecule has 192 valence electrons. The fourth-order valence-corrected chi connectivity index (χ4v) is 5.91. The van der Waals surface area contributed by atoms with Gasteiger partial charge in [-0.1, -0.05) is 65.8 Å². The summed E-state index contributed by atoms with van der Waals surface area (Å²) in [6, 6.07) is 27.3. The number of halogens is 2. The first-order valence-electron chi connectivity index (χ1n) is 11.7. The van der Waals surface area contributed by atoms with Crippen LogP contribution >= 0.6 is 39.3 Å². The number of ether oxygens (including phenoxy) is 1. The summed E-state index contributed by atoms with van der Waals surface area (Å²) in [6.07, 6.45) is 0. The Morgan fingerprint density at radius 2 is 1.79 bits per heavy atom. The Labute approximate surface area is 237 Å². The van der Waals surface area contributed by atoms with E-state index < -0.39 is 5.25 Å². The van der Waals surface area contributed by atoms with Crippen molar-refractivity contribution in [3.8, 4) is 11.4 Å². The van der Waals surface area contributed by atoms with Gasteiger partial charge >= 0.3 is 0 Å². The maximum Gasteiger partial charge on any atom is 0.220 e. The molecule has 1 heterocycles. The lowest BCUT2D eigenvalue weighted by molar-refractivity contribution is -0.479. The number of thioether (sulfide) groups is 1. The molecule has 0 N–H and O–H groups in total. The Kier molecular flexibility index (Phi) is 7.97. The molecule has 0 spiro atoms. The first kappa shape index (κ1) is 26.2.